The molecule has 0 unspecified atom stereocenters. The first kappa shape index (κ1) is 21.1. The van der Waals surface area contributed by atoms with Crippen LogP contribution in [-0.4, -0.2) is 32.5 Å². The normalized spacial score (nSPS) is 11.2. The fraction of sp³-hybridized carbons (Fsp3) is 0.200. The van der Waals surface area contributed by atoms with E-state index in [1.807, 2.05) is 36.4 Å². The van der Waals surface area contributed by atoms with Crippen molar-refractivity contribution in [1.29, 1.82) is 0 Å². The van der Waals surface area contributed by atoms with Crippen molar-refractivity contribution >= 4 is 11.9 Å². The Morgan fingerprint density at radius 1 is 0.833 bits per heavy atom. The Hall–Kier alpha value is -3.60. The van der Waals surface area contributed by atoms with Crippen LogP contribution in [-0.2, 0) is 6.54 Å². The Balaban J connectivity index is 1.62. The number of rotatable bonds is 7. The number of guanidine groups is 1. The van der Waals surface area contributed by atoms with Crippen molar-refractivity contribution in [3.05, 3.63) is 107 Å². The fourth-order valence-corrected chi connectivity index (χ4v) is 3.32. The monoisotopic (exact) mass is 400 g/mol. The summed E-state index contributed by atoms with van der Waals surface area (Å²) in [5.74, 6) is 0.875. The molecule has 0 heterocycles. The van der Waals surface area contributed by atoms with Gasteiger partial charge in [0.05, 0.1) is 0 Å². The summed E-state index contributed by atoms with van der Waals surface area (Å²) in [6.07, 6.45) is 0. The van der Waals surface area contributed by atoms with Gasteiger partial charge < -0.3 is 16.0 Å². The number of nitrogens with one attached hydrogen (secondary N) is 3. The van der Waals surface area contributed by atoms with E-state index in [1.54, 1.807) is 14.1 Å². The molecule has 0 atom stereocenters. The third-order valence-electron chi connectivity index (χ3n) is 5.00. The summed E-state index contributed by atoms with van der Waals surface area (Å²) in [7, 11) is 3.40. The number of benzene rings is 3. The average Bonchev–Trinajstić information content (AvgIpc) is 2.82. The van der Waals surface area contributed by atoms with Crippen molar-refractivity contribution < 1.29 is 4.79 Å². The van der Waals surface area contributed by atoms with Crippen molar-refractivity contribution in [2.75, 3.05) is 20.6 Å². The second-order valence-electron chi connectivity index (χ2n) is 6.96. The maximum Gasteiger partial charge on any atom is 0.251 e. The molecule has 0 aliphatic rings. The highest BCUT2D eigenvalue weighted by Crippen LogP contribution is 2.23. The van der Waals surface area contributed by atoms with Crippen molar-refractivity contribution in [2.24, 2.45) is 4.99 Å². The lowest BCUT2D eigenvalue weighted by atomic mass is 9.91. The van der Waals surface area contributed by atoms with E-state index in [0.29, 0.717) is 12.1 Å². The minimum absolute atomic E-state index is 0.0835. The van der Waals surface area contributed by atoms with E-state index >= 15 is 0 Å². The number of carbonyl (C=O) groups excluding carboxylic acids is 1. The predicted molar refractivity (Wildman–Crippen MR) is 123 cm³/mol. The summed E-state index contributed by atoms with van der Waals surface area (Å²) < 4.78 is 0. The van der Waals surface area contributed by atoms with Crippen LogP contribution in [0.1, 0.15) is 33.0 Å². The van der Waals surface area contributed by atoms with Gasteiger partial charge in [-0.25, -0.2) is 0 Å². The van der Waals surface area contributed by atoms with Gasteiger partial charge in [-0.3, -0.25) is 9.79 Å². The van der Waals surface area contributed by atoms with Gasteiger partial charge in [-0.1, -0.05) is 72.8 Å². The minimum atomic E-state index is -0.0835. The summed E-state index contributed by atoms with van der Waals surface area (Å²) in [4.78, 5) is 16.0. The Morgan fingerprint density at radius 3 is 1.90 bits per heavy atom. The molecule has 3 rings (SSSR count). The largest absolute Gasteiger partial charge is 0.355 e. The highest BCUT2D eigenvalue weighted by molar-refractivity contribution is 5.93. The first-order valence-electron chi connectivity index (χ1n) is 10.1. The molecule has 3 N–H and O–H groups in total. The van der Waals surface area contributed by atoms with Gasteiger partial charge in [0.2, 0.25) is 0 Å². The molecule has 154 valence electrons. The number of amides is 1. The molecule has 0 saturated carbocycles. The van der Waals surface area contributed by atoms with Crippen LogP contribution >= 0.6 is 0 Å². The van der Waals surface area contributed by atoms with Gasteiger partial charge in [-0.05, 0) is 28.8 Å². The minimum Gasteiger partial charge on any atom is -0.355 e. The van der Waals surface area contributed by atoms with Gasteiger partial charge >= 0.3 is 0 Å². The molecule has 0 fully saturated rings. The van der Waals surface area contributed by atoms with Gasteiger partial charge in [-0.15, -0.1) is 0 Å². The summed E-state index contributed by atoms with van der Waals surface area (Å²) >= 11 is 0. The fourth-order valence-electron chi connectivity index (χ4n) is 3.32. The lowest BCUT2D eigenvalue weighted by molar-refractivity contribution is 0.0963. The first-order chi connectivity index (χ1) is 14.7. The molecule has 0 spiro atoms. The number of carbonyl (C=O) groups is 1. The molecule has 0 aliphatic heterocycles. The molecule has 0 saturated heterocycles. The van der Waals surface area contributed by atoms with Gasteiger partial charge in [0.1, 0.15) is 0 Å². The van der Waals surface area contributed by atoms with Gasteiger partial charge in [-0.2, -0.15) is 0 Å². The molecule has 0 aliphatic carbocycles. The van der Waals surface area contributed by atoms with Crippen LogP contribution in [0.4, 0.5) is 0 Å². The maximum atomic E-state index is 11.7. The third-order valence-corrected chi connectivity index (χ3v) is 5.00. The maximum absolute atomic E-state index is 11.7. The second-order valence-corrected chi connectivity index (χ2v) is 6.96. The molecule has 0 bridgehead atoms. The molecular weight excluding hydrogens is 372 g/mol. The molecule has 0 aromatic heterocycles. The summed E-state index contributed by atoms with van der Waals surface area (Å²) in [5.41, 5.74) is 4.25. The number of aliphatic imine (C=N–C) groups is 1. The quantitative estimate of drug-likeness (QED) is 0.420. The molecule has 3 aromatic carbocycles. The first-order valence-corrected chi connectivity index (χ1v) is 10.1. The number of nitrogens with zero attached hydrogens (tertiary/aromatic N) is 1. The van der Waals surface area contributed by atoms with E-state index in [2.05, 4.69) is 69.5 Å². The Kier molecular flexibility index (Phi) is 7.61. The lowest BCUT2D eigenvalue weighted by Gasteiger charge is -2.20. The Morgan fingerprint density at radius 2 is 1.40 bits per heavy atom. The van der Waals surface area contributed by atoms with Crippen LogP contribution < -0.4 is 16.0 Å². The van der Waals surface area contributed by atoms with Gasteiger partial charge in [0, 0.05) is 38.7 Å². The lowest BCUT2D eigenvalue weighted by Crippen LogP contribution is -2.39. The smallest absolute Gasteiger partial charge is 0.251 e. The standard InChI is InChI=1S/C25H28N4O/c1-26-24(30)22-15-13-19(14-16-22)17-28-25(27-2)29-18-23(20-9-5-3-6-10-20)21-11-7-4-8-12-21/h3-16,23H,17-18H2,1-2H3,(H,26,30)(H2,27,28,29). The van der Waals surface area contributed by atoms with Crippen LogP contribution in [0.3, 0.4) is 0 Å². The molecule has 5 nitrogen and oxygen atoms in total. The van der Waals surface area contributed by atoms with Crippen molar-refractivity contribution in [3.63, 3.8) is 0 Å². The Bertz CT molecular complexity index is 914. The van der Waals surface area contributed by atoms with Crippen LogP contribution in [0.2, 0.25) is 0 Å². The molecule has 30 heavy (non-hydrogen) atoms. The van der Waals surface area contributed by atoms with Gasteiger partial charge in [0.15, 0.2) is 5.96 Å². The topological polar surface area (TPSA) is 65.5 Å². The van der Waals surface area contributed by atoms with Crippen molar-refractivity contribution in [2.45, 2.75) is 12.5 Å². The summed E-state index contributed by atoms with van der Waals surface area (Å²) in [6, 6.07) is 28.5. The summed E-state index contributed by atoms with van der Waals surface area (Å²) in [6.45, 7) is 1.35. The van der Waals surface area contributed by atoms with Crippen molar-refractivity contribution in [3.8, 4) is 0 Å². The molecule has 3 aromatic rings. The average molecular weight is 401 g/mol. The van der Waals surface area contributed by atoms with E-state index < -0.39 is 0 Å². The third kappa shape index (κ3) is 5.70. The van der Waals surface area contributed by atoms with Crippen LogP contribution in [0.25, 0.3) is 0 Å². The van der Waals surface area contributed by atoms with Crippen molar-refractivity contribution in [1.82, 2.24) is 16.0 Å². The second kappa shape index (κ2) is 10.8. The summed E-state index contributed by atoms with van der Waals surface area (Å²) in [5, 5.41) is 9.43. The van der Waals surface area contributed by atoms with Crippen LogP contribution in [0.5, 0.6) is 0 Å². The zero-order valence-corrected chi connectivity index (χ0v) is 17.4. The highest BCUT2D eigenvalue weighted by atomic mass is 16.1. The molecule has 1 amide bonds. The molecule has 5 heteroatoms. The van der Waals surface area contributed by atoms with E-state index in [9.17, 15) is 4.79 Å². The number of hydrogen-bond acceptors (Lipinski definition) is 2. The van der Waals surface area contributed by atoms with E-state index in [4.69, 9.17) is 0 Å². The SMILES string of the molecule is CN=C(NCc1ccc(C(=O)NC)cc1)NCC(c1ccccc1)c1ccccc1. The highest BCUT2D eigenvalue weighted by Gasteiger charge is 2.14. The predicted octanol–water partition coefficient (Wildman–Crippen LogP) is 3.54. The zero-order valence-electron chi connectivity index (χ0n) is 17.4. The zero-order chi connectivity index (χ0) is 21.2. The van der Waals surface area contributed by atoms with E-state index in [-0.39, 0.29) is 11.8 Å². The van der Waals surface area contributed by atoms with Crippen LogP contribution in [0, 0.1) is 0 Å². The molecular formula is C25H28N4O. The van der Waals surface area contributed by atoms with E-state index in [1.165, 1.54) is 11.1 Å². The van der Waals surface area contributed by atoms with Gasteiger partial charge in [0.25, 0.3) is 5.91 Å². The van der Waals surface area contributed by atoms with Crippen LogP contribution in [0.15, 0.2) is 89.9 Å². The van der Waals surface area contributed by atoms with E-state index in [0.717, 1.165) is 18.1 Å². The Labute approximate surface area is 178 Å². The molecule has 0 radical (unpaired) electrons. The number of hydrogen-bond donors (Lipinski definition) is 3.